The number of amidine groups is 1. The van der Waals surface area contributed by atoms with E-state index in [4.69, 9.17) is 15.9 Å². The van der Waals surface area contributed by atoms with Gasteiger partial charge in [-0.2, -0.15) is 0 Å². The van der Waals surface area contributed by atoms with E-state index >= 15 is 0 Å². The molecule has 11 heteroatoms. The lowest BCUT2D eigenvalue weighted by atomic mass is 10.1. The molecule has 4 aromatic rings. The van der Waals surface area contributed by atoms with Crippen LogP contribution in [0.1, 0.15) is 28.2 Å². The fourth-order valence-corrected chi connectivity index (χ4v) is 4.03. The van der Waals surface area contributed by atoms with E-state index in [9.17, 15) is 19.1 Å². The predicted octanol–water partition coefficient (Wildman–Crippen LogP) is 3.74. The molecule has 0 atom stereocenters. The number of nitrogens with zero attached hydrogens (tertiary/aromatic N) is 3. The van der Waals surface area contributed by atoms with Gasteiger partial charge in [0.25, 0.3) is 5.91 Å². The number of aryl methyl sites for hydroxylation is 1. The average Bonchev–Trinajstić information content (AvgIpc) is 3.22. The van der Waals surface area contributed by atoms with Crippen LogP contribution in [-0.4, -0.2) is 46.0 Å². The number of benzene rings is 3. The Kier molecular flexibility index (Phi) is 7.56. The molecule has 0 aliphatic rings. The van der Waals surface area contributed by atoms with Gasteiger partial charge < -0.3 is 30.4 Å². The van der Waals surface area contributed by atoms with Crippen LogP contribution in [0.4, 0.5) is 15.8 Å². The molecule has 1 heterocycles. The lowest BCUT2D eigenvalue weighted by Gasteiger charge is -2.23. The van der Waals surface area contributed by atoms with E-state index in [1.807, 2.05) is 11.6 Å². The number of ether oxygens (including phenoxy) is 1. The summed E-state index contributed by atoms with van der Waals surface area (Å²) in [6.45, 7) is 0.185. The zero-order valence-electron chi connectivity index (χ0n) is 20.9. The van der Waals surface area contributed by atoms with Crippen molar-refractivity contribution in [2.75, 3.05) is 23.9 Å². The number of carboxylic acid groups (broad SMARTS) is 1. The molecule has 1 amide bonds. The number of aromatic nitrogens is 2. The van der Waals surface area contributed by atoms with Gasteiger partial charge in [0.1, 0.15) is 23.2 Å². The minimum atomic E-state index is -1.02. The Labute approximate surface area is 218 Å². The van der Waals surface area contributed by atoms with Crippen molar-refractivity contribution < 1.29 is 23.8 Å². The largest absolute Gasteiger partial charge is 0.497 e. The zero-order chi connectivity index (χ0) is 27.4. The first-order chi connectivity index (χ1) is 18.2. The Bertz CT molecular complexity index is 1530. The van der Waals surface area contributed by atoms with Gasteiger partial charge in [-0.1, -0.05) is 6.07 Å². The second kappa shape index (κ2) is 11.0. The molecule has 38 heavy (non-hydrogen) atoms. The number of carboxylic acids is 1. The van der Waals surface area contributed by atoms with E-state index in [0.29, 0.717) is 33.9 Å². The van der Waals surface area contributed by atoms with Gasteiger partial charge in [0, 0.05) is 36.5 Å². The smallest absolute Gasteiger partial charge is 0.305 e. The number of methoxy groups -OCH3 is 1. The summed E-state index contributed by atoms with van der Waals surface area (Å²) in [6, 6.07) is 16.2. The molecule has 3 aromatic carbocycles. The normalized spacial score (nSPS) is 10.8. The van der Waals surface area contributed by atoms with Crippen molar-refractivity contribution in [2.24, 2.45) is 12.8 Å². The number of halogens is 1. The molecule has 4 rings (SSSR count). The van der Waals surface area contributed by atoms with Crippen molar-refractivity contribution in [1.82, 2.24) is 9.55 Å². The topological polar surface area (TPSA) is 147 Å². The van der Waals surface area contributed by atoms with Crippen molar-refractivity contribution in [2.45, 2.75) is 13.0 Å². The number of nitrogens with two attached hydrogens (primary N) is 1. The first kappa shape index (κ1) is 26.1. The van der Waals surface area contributed by atoms with Crippen LogP contribution in [0.3, 0.4) is 0 Å². The molecule has 0 spiro atoms. The van der Waals surface area contributed by atoms with Crippen LogP contribution in [0.15, 0.2) is 60.7 Å². The highest BCUT2D eigenvalue weighted by Gasteiger charge is 2.21. The quantitative estimate of drug-likeness (QED) is 0.185. The van der Waals surface area contributed by atoms with Crippen molar-refractivity contribution in [3.05, 3.63) is 83.4 Å². The van der Waals surface area contributed by atoms with Gasteiger partial charge in [-0.3, -0.25) is 15.0 Å². The Balaban J connectivity index is 1.59. The fraction of sp³-hybridized carbons (Fsp3) is 0.185. The minimum absolute atomic E-state index is 0.0231. The molecule has 0 unspecified atom stereocenters. The summed E-state index contributed by atoms with van der Waals surface area (Å²) < 4.78 is 21.5. The SMILES string of the molecule is COc1cccc(N(CCC(=O)O)C(=O)c2ccc3c(c2)nc(CNc2ccc(C(=N)N)cc2F)n3C)c1. The molecule has 0 radical (unpaired) electrons. The van der Waals surface area contributed by atoms with Crippen LogP contribution in [0.25, 0.3) is 11.0 Å². The monoisotopic (exact) mass is 518 g/mol. The number of rotatable bonds is 10. The molecule has 196 valence electrons. The Morgan fingerprint density at radius 2 is 1.92 bits per heavy atom. The van der Waals surface area contributed by atoms with E-state index < -0.39 is 11.8 Å². The third-order valence-electron chi connectivity index (χ3n) is 6.10. The summed E-state index contributed by atoms with van der Waals surface area (Å²) in [5, 5.41) is 19.6. The van der Waals surface area contributed by atoms with Crippen molar-refractivity contribution >= 4 is 40.1 Å². The summed E-state index contributed by atoms with van der Waals surface area (Å²) in [5.41, 5.74) is 8.13. The van der Waals surface area contributed by atoms with Crippen LogP contribution in [-0.2, 0) is 18.4 Å². The molecular formula is C27H27FN6O4. The average molecular weight is 519 g/mol. The maximum Gasteiger partial charge on any atom is 0.305 e. The molecule has 10 nitrogen and oxygen atoms in total. The molecule has 0 saturated carbocycles. The molecular weight excluding hydrogens is 491 g/mol. The van der Waals surface area contributed by atoms with Crippen LogP contribution < -0.4 is 20.7 Å². The molecule has 0 aliphatic heterocycles. The number of carbonyl (C=O) groups excluding carboxylic acids is 1. The van der Waals surface area contributed by atoms with E-state index in [1.165, 1.54) is 24.1 Å². The first-order valence-corrected chi connectivity index (χ1v) is 11.7. The number of anilines is 2. The van der Waals surface area contributed by atoms with Crippen LogP contribution in [0.2, 0.25) is 0 Å². The van der Waals surface area contributed by atoms with E-state index in [0.717, 1.165) is 5.52 Å². The van der Waals surface area contributed by atoms with Crippen LogP contribution in [0, 0.1) is 11.2 Å². The second-order valence-electron chi connectivity index (χ2n) is 8.55. The number of nitrogen functional groups attached to an aromatic ring is 1. The van der Waals surface area contributed by atoms with Crippen LogP contribution >= 0.6 is 0 Å². The summed E-state index contributed by atoms with van der Waals surface area (Å²) in [4.78, 5) is 30.8. The number of fused-ring (bicyclic) bond motifs is 1. The number of aliphatic carboxylic acids is 1. The lowest BCUT2D eigenvalue weighted by Crippen LogP contribution is -2.33. The highest BCUT2D eigenvalue weighted by molar-refractivity contribution is 6.08. The van der Waals surface area contributed by atoms with Gasteiger partial charge in [-0.15, -0.1) is 0 Å². The van der Waals surface area contributed by atoms with Gasteiger partial charge >= 0.3 is 5.97 Å². The summed E-state index contributed by atoms with van der Waals surface area (Å²) >= 11 is 0. The standard InChI is InChI=1S/C27H27FN6O4/c1-33-23-9-7-17(27(37)34(11-10-25(35)36)18-4-3-5-19(14-18)38-2)13-22(23)32-24(33)15-31-21-8-6-16(26(29)30)12-20(21)28/h3-9,12-14,31H,10-11,15H2,1-2H3,(H3,29,30)(H,35,36). The Hall–Kier alpha value is -4.93. The third kappa shape index (κ3) is 5.56. The number of hydrogen-bond acceptors (Lipinski definition) is 6. The molecule has 0 bridgehead atoms. The Morgan fingerprint density at radius 3 is 2.61 bits per heavy atom. The number of imidazole rings is 1. The summed E-state index contributed by atoms with van der Waals surface area (Å²) in [7, 11) is 3.33. The summed E-state index contributed by atoms with van der Waals surface area (Å²) in [5.74, 6) is -1.00. The van der Waals surface area contributed by atoms with E-state index in [2.05, 4.69) is 10.3 Å². The van der Waals surface area contributed by atoms with Gasteiger partial charge in [-0.25, -0.2) is 9.37 Å². The van der Waals surface area contributed by atoms with Gasteiger partial charge in [0.2, 0.25) is 0 Å². The fourth-order valence-electron chi connectivity index (χ4n) is 4.03. The number of hydrogen-bond donors (Lipinski definition) is 4. The van der Waals surface area contributed by atoms with Crippen molar-refractivity contribution in [1.29, 1.82) is 5.41 Å². The Morgan fingerprint density at radius 1 is 1.16 bits per heavy atom. The molecule has 5 N–H and O–H groups in total. The predicted molar refractivity (Wildman–Crippen MR) is 142 cm³/mol. The zero-order valence-corrected chi connectivity index (χ0v) is 20.9. The van der Waals surface area contributed by atoms with Gasteiger partial charge in [-0.05, 0) is 48.5 Å². The van der Waals surface area contributed by atoms with E-state index in [-0.39, 0.29) is 36.9 Å². The number of amides is 1. The summed E-state index contributed by atoms with van der Waals surface area (Å²) in [6.07, 6.45) is -0.228. The molecule has 1 aromatic heterocycles. The van der Waals surface area contributed by atoms with Gasteiger partial charge in [0.05, 0.1) is 36.8 Å². The van der Waals surface area contributed by atoms with E-state index in [1.54, 1.807) is 48.5 Å². The first-order valence-electron chi connectivity index (χ1n) is 11.7. The molecule has 0 aliphatic carbocycles. The molecule has 0 saturated heterocycles. The maximum absolute atomic E-state index is 14.4. The lowest BCUT2D eigenvalue weighted by molar-refractivity contribution is -0.136. The van der Waals surface area contributed by atoms with Crippen molar-refractivity contribution in [3.8, 4) is 5.75 Å². The second-order valence-corrected chi connectivity index (χ2v) is 8.55. The minimum Gasteiger partial charge on any atom is -0.497 e. The highest BCUT2D eigenvalue weighted by atomic mass is 19.1. The van der Waals surface area contributed by atoms with Crippen molar-refractivity contribution in [3.63, 3.8) is 0 Å². The maximum atomic E-state index is 14.4. The van der Waals surface area contributed by atoms with Crippen LogP contribution in [0.5, 0.6) is 5.75 Å². The number of carbonyl (C=O) groups is 2. The highest BCUT2D eigenvalue weighted by Crippen LogP contribution is 2.25. The number of nitrogens with one attached hydrogen (secondary N) is 2. The van der Waals surface area contributed by atoms with Gasteiger partial charge in [0.15, 0.2) is 0 Å². The molecule has 0 fully saturated rings. The third-order valence-corrected chi connectivity index (χ3v) is 6.10.